The molecule has 2 N–H and O–H groups in total. The van der Waals surface area contributed by atoms with E-state index < -0.39 is 0 Å². The van der Waals surface area contributed by atoms with E-state index in [0.717, 1.165) is 5.56 Å². The summed E-state index contributed by atoms with van der Waals surface area (Å²) < 4.78 is 2.64. The molecule has 0 amide bonds. The molecule has 90 valence electrons. The molecule has 18 heavy (non-hydrogen) atoms. The van der Waals surface area contributed by atoms with Gasteiger partial charge in [-0.25, -0.2) is 4.68 Å². The number of nitrogen functional groups attached to an aromatic ring is 1. The fraction of sp³-hybridized carbons (Fsp3) is 0.0769. The van der Waals surface area contributed by atoms with Crippen LogP contribution in [-0.2, 0) is 6.54 Å². The maximum Gasteiger partial charge on any atom is 0.269 e. The summed E-state index contributed by atoms with van der Waals surface area (Å²) in [5.74, 6) is 0. The van der Waals surface area contributed by atoms with Gasteiger partial charge in [0.25, 0.3) is 5.56 Å². The molecule has 0 aliphatic rings. The molecule has 2 heterocycles. The van der Waals surface area contributed by atoms with Crippen molar-refractivity contribution in [1.82, 2.24) is 9.78 Å². The number of rotatable bonds is 2. The summed E-state index contributed by atoms with van der Waals surface area (Å²) in [7, 11) is 0. The lowest BCUT2D eigenvalue weighted by atomic mass is 10.2. The molecule has 1 aromatic carbocycles. The zero-order valence-electron chi connectivity index (χ0n) is 9.54. The SMILES string of the molecule is Nc1cnn(Cc2csc3ccccc23)c(=O)c1. The van der Waals surface area contributed by atoms with Crippen LogP contribution in [0.5, 0.6) is 0 Å². The molecular formula is C13H11N3OS. The molecule has 3 aromatic rings. The molecule has 0 radical (unpaired) electrons. The van der Waals surface area contributed by atoms with Crippen LogP contribution in [0.1, 0.15) is 5.56 Å². The van der Waals surface area contributed by atoms with Gasteiger partial charge in [0.1, 0.15) is 0 Å². The van der Waals surface area contributed by atoms with Crippen molar-refractivity contribution >= 4 is 27.1 Å². The Bertz CT molecular complexity index is 760. The summed E-state index contributed by atoms with van der Waals surface area (Å²) in [6.07, 6.45) is 1.50. The predicted molar refractivity (Wildman–Crippen MR) is 73.8 cm³/mol. The largest absolute Gasteiger partial charge is 0.397 e. The summed E-state index contributed by atoms with van der Waals surface area (Å²) >= 11 is 1.67. The molecule has 0 saturated heterocycles. The summed E-state index contributed by atoms with van der Waals surface area (Å²) in [4.78, 5) is 11.7. The van der Waals surface area contributed by atoms with Gasteiger partial charge in [-0.1, -0.05) is 18.2 Å². The Labute approximate surface area is 107 Å². The maximum absolute atomic E-state index is 11.7. The van der Waals surface area contributed by atoms with Crippen LogP contribution in [0.2, 0.25) is 0 Å². The van der Waals surface area contributed by atoms with Crippen LogP contribution in [0.4, 0.5) is 5.69 Å². The van der Waals surface area contributed by atoms with Crippen LogP contribution >= 0.6 is 11.3 Å². The lowest BCUT2D eigenvalue weighted by molar-refractivity contribution is 0.644. The van der Waals surface area contributed by atoms with Gasteiger partial charge >= 0.3 is 0 Å². The molecule has 2 aromatic heterocycles. The summed E-state index contributed by atoms with van der Waals surface area (Å²) in [6.45, 7) is 0.475. The van der Waals surface area contributed by atoms with Crippen LogP contribution in [0.15, 0.2) is 46.7 Å². The number of nitrogens with zero attached hydrogens (tertiary/aromatic N) is 2. The minimum absolute atomic E-state index is 0.176. The third-order valence-corrected chi connectivity index (χ3v) is 3.78. The Morgan fingerprint density at radius 3 is 3.00 bits per heavy atom. The standard InChI is InChI=1S/C13H11N3OS/c14-10-5-13(17)16(15-6-10)7-9-8-18-12-4-2-1-3-11(9)12/h1-6,8H,7,14H2. The van der Waals surface area contributed by atoms with Gasteiger partial charge in [0.2, 0.25) is 0 Å². The Hall–Kier alpha value is -2.14. The number of fused-ring (bicyclic) bond motifs is 1. The monoisotopic (exact) mass is 257 g/mol. The fourth-order valence-corrected chi connectivity index (χ4v) is 2.84. The van der Waals surface area contributed by atoms with Crippen molar-refractivity contribution in [2.75, 3.05) is 5.73 Å². The van der Waals surface area contributed by atoms with Crippen LogP contribution in [0.3, 0.4) is 0 Å². The van der Waals surface area contributed by atoms with Crippen molar-refractivity contribution in [2.24, 2.45) is 0 Å². The third kappa shape index (κ3) is 1.89. The highest BCUT2D eigenvalue weighted by Gasteiger charge is 2.05. The highest BCUT2D eigenvalue weighted by molar-refractivity contribution is 7.17. The van der Waals surface area contributed by atoms with Gasteiger partial charge in [-0.3, -0.25) is 4.79 Å². The topological polar surface area (TPSA) is 60.9 Å². The van der Waals surface area contributed by atoms with E-state index in [-0.39, 0.29) is 5.56 Å². The molecule has 0 saturated carbocycles. The van der Waals surface area contributed by atoms with Crippen LogP contribution < -0.4 is 11.3 Å². The molecule has 0 spiro atoms. The molecule has 0 aliphatic carbocycles. The van der Waals surface area contributed by atoms with Gasteiger partial charge in [0.15, 0.2) is 0 Å². The van der Waals surface area contributed by atoms with Crippen molar-refractivity contribution in [2.45, 2.75) is 6.54 Å². The van der Waals surface area contributed by atoms with Gasteiger partial charge < -0.3 is 5.73 Å². The van der Waals surface area contributed by atoms with E-state index in [1.165, 1.54) is 27.0 Å². The van der Waals surface area contributed by atoms with Gasteiger partial charge in [0.05, 0.1) is 18.4 Å². The van der Waals surface area contributed by atoms with Gasteiger partial charge in [0, 0.05) is 10.8 Å². The molecule has 0 fully saturated rings. The minimum atomic E-state index is -0.176. The van der Waals surface area contributed by atoms with E-state index >= 15 is 0 Å². The van der Waals surface area contributed by atoms with Gasteiger partial charge in [-0.15, -0.1) is 11.3 Å². The maximum atomic E-state index is 11.7. The Balaban J connectivity index is 2.04. The third-order valence-electron chi connectivity index (χ3n) is 2.77. The number of hydrogen-bond donors (Lipinski definition) is 1. The molecule has 0 bridgehead atoms. The molecule has 0 atom stereocenters. The van der Waals surface area contributed by atoms with Crippen molar-refractivity contribution in [3.8, 4) is 0 Å². The first kappa shape index (κ1) is 11.0. The predicted octanol–water partition coefficient (Wildman–Crippen LogP) is 2.09. The van der Waals surface area contributed by atoms with E-state index in [4.69, 9.17) is 5.73 Å². The highest BCUT2D eigenvalue weighted by Crippen LogP contribution is 2.25. The van der Waals surface area contributed by atoms with Crippen LogP contribution in [0, 0.1) is 0 Å². The zero-order valence-corrected chi connectivity index (χ0v) is 10.4. The molecule has 0 aliphatic heterocycles. The van der Waals surface area contributed by atoms with E-state index in [1.807, 2.05) is 12.1 Å². The van der Waals surface area contributed by atoms with E-state index in [0.29, 0.717) is 12.2 Å². The average molecular weight is 257 g/mol. The average Bonchev–Trinajstić information content (AvgIpc) is 2.76. The number of benzene rings is 1. The van der Waals surface area contributed by atoms with E-state index in [2.05, 4.69) is 22.6 Å². The van der Waals surface area contributed by atoms with E-state index in [9.17, 15) is 4.79 Å². The summed E-state index contributed by atoms with van der Waals surface area (Å²) in [5, 5.41) is 7.28. The fourth-order valence-electron chi connectivity index (χ4n) is 1.88. The number of hydrogen-bond acceptors (Lipinski definition) is 4. The Morgan fingerprint density at radius 1 is 1.33 bits per heavy atom. The molecule has 3 rings (SSSR count). The first-order valence-electron chi connectivity index (χ1n) is 5.52. The van der Waals surface area contributed by atoms with E-state index in [1.54, 1.807) is 11.3 Å². The molecule has 4 nitrogen and oxygen atoms in total. The van der Waals surface area contributed by atoms with Crippen molar-refractivity contribution < 1.29 is 0 Å². The quantitative estimate of drug-likeness (QED) is 0.764. The minimum Gasteiger partial charge on any atom is -0.397 e. The molecular weight excluding hydrogens is 246 g/mol. The lowest BCUT2D eigenvalue weighted by Crippen LogP contribution is -2.22. The highest BCUT2D eigenvalue weighted by atomic mass is 32.1. The first-order valence-corrected chi connectivity index (χ1v) is 6.40. The van der Waals surface area contributed by atoms with Crippen LogP contribution in [0.25, 0.3) is 10.1 Å². The zero-order chi connectivity index (χ0) is 12.5. The summed E-state index contributed by atoms with van der Waals surface area (Å²) in [5.41, 5.74) is 6.84. The van der Waals surface area contributed by atoms with Crippen molar-refractivity contribution in [1.29, 1.82) is 0 Å². The normalized spacial score (nSPS) is 10.9. The smallest absolute Gasteiger partial charge is 0.269 e. The number of nitrogens with two attached hydrogens (primary N) is 1. The Kier molecular flexibility index (Phi) is 2.60. The van der Waals surface area contributed by atoms with Crippen LogP contribution in [-0.4, -0.2) is 9.78 Å². The van der Waals surface area contributed by atoms with Gasteiger partial charge in [-0.2, -0.15) is 5.10 Å². The second-order valence-electron chi connectivity index (χ2n) is 4.04. The Morgan fingerprint density at radius 2 is 2.17 bits per heavy atom. The van der Waals surface area contributed by atoms with Crippen molar-refractivity contribution in [3.05, 3.63) is 57.8 Å². The van der Waals surface area contributed by atoms with Crippen molar-refractivity contribution in [3.63, 3.8) is 0 Å². The number of thiophene rings is 1. The first-order chi connectivity index (χ1) is 8.74. The second kappa shape index (κ2) is 4.27. The molecule has 5 heteroatoms. The molecule has 0 unspecified atom stereocenters. The summed E-state index contributed by atoms with van der Waals surface area (Å²) in [6, 6.07) is 9.53. The number of anilines is 1. The number of aromatic nitrogens is 2. The van der Waals surface area contributed by atoms with Gasteiger partial charge in [-0.05, 0) is 22.4 Å². The second-order valence-corrected chi connectivity index (χ2v) is 4.95. The lowest BCUT2D eigenvalue weighted by Gasteiger charge is -2.03.